The Kier molecular flexibility index (Phi) is 4.96. The van der Waals surface area contributed by atoms with Crippen LogP contribution >= 0.6 is 11.3 Å². The zero-order valence-corrected chi connectivity index (χ0v) is 11.0. The minimum Gasteiger partial charge on any atom is -0.368 e. The Hall–Kier alpha value is -0.870. The molecular weight excluding hydrogens is 220 g/mol. The molecule has 1 rings (SSSR count). The van der Waals surface area contributed by atoms with E-state index in [9.17, 15) is 4.79 Å². The number of likely N-dealkylation sites (N-methyl/N-ethyl adjacent to an activating group) is 1. The van der Waals surface area contributed by atoms with Crippen LogP contribution in [-0.4, -0.2) is 29.9 Å². The van der Waals surface area contributed by atoms with Crippen LogP contribution in [0.4, 0.5) is 0 Å². The molecule has 4 heteroatoms. The van der Waals surface area contributed by atoms with E-state index in [1.165, 1.54) is 4.88 Å². The molecule has 16 heavy (non-hydrogen) atoms. The maximum Gasteiger partial charge on any atom is 0.234 e. The van der Waals surface area contributed by atoms with Crippen molar-refractivity contribution in [3.05, 3.63) is 22.4 Å². The molecule has 0 fully saturated rings. The highest BCUT2D eigenvalue weighted by atomic mass is 32.1. The lowest BCUT2D eigenvalue weighted by Crippen LogP contribution is -2.46. The maximum atomic E-state index is 11.3. The van der Waals surface area contributed by atoms with Gasteiger partial charge in [0.2, 0.25) is 5.91 Å². The van der Waals surface area contributed by atoms with Gasteiger partial charge in [0.15, 0.2) is 0 Å². The largest absolute Gasteiger partial charge is 0.368 e. The molecule has 0 spiro atoms. The minimum absolute atomic E-state index is 0.157. The fraction of sp³-hybridized carbons (Fsp3) is 0.583. The summed E-state index contributed by atoms with van der Waals surface area (Å²) in [6.07, 6.45) is 1.73. The van der Waals surface area contributed by atoms with Crippen LogP contribution in [0.5, 0.6) is 0 Å². The zero-order chi connectivity index (χ0) is 12.1. The first kappa shape index (κ1) is 13.2. The standard InChI is InChI=1S/C12H20N2OS/c1-4-11(12(13)15)14(3)9(2)8-10-6-5-7-16-10/h5-7,9,11H,4,8H2,1-3H3,(H2,13,15). The number of rotatable bonds is 6. The number of nitrogens with zero attached hydrogens (tertiary/aromatic N) is 1. The van der Waals surface area contributed by atoms with Crippen LogP contribution in [-0.2, 0) is 11.2 Å². The third-order valence-corrected chi connectivity index (χ3v) is 3.88. The van der Waals surface area contributed by atoms with Gasteiger partial charge in [-0.15, -0.1) is 11.3 Å². The molecule has 0 bridgehead atoms. The second-order valence-corrected chi connectivity index (χ2v) is 5.16. The maximum absolute atomic E-state index is 11.3. The van der Waals surface area contributed by atoms with E-state index in [1.54, 1.807) is 11.3 Å². The van der Waals surface area contributed by atoms with Crippen LogP contribution in [0.3, 0.4) is 0 Å². The summed E-state index contributed by atoms with van der Waals surface area (Å²) in [6, 6.07) is 4.35. The van der Waals surface area contributed by atoms with Crippen molar-refractivity contribution in [1.82, 2.24) is 4.90 Å². The van der Waals surface area contributed by atoms with Crippen molar-refractivity contribution in [3.63, 3.8) is 0 Å². The molecular formula is C12H20N2OS. The lowest BCUT2D eigenvalue weighted by Gasteiger charge is -2.30. The third kappa shape index (κ3) is 3.32. The van der Waals surface area contributed by atoms with E-state index in [4.69, 9.17) is 5.73 Å². The fourth-order valence-electron chi connectivity index (χ4n) is 1.86. The summed E-state index contributed by atoms with van der Waals surface area (Å²) >= 11 is 1.75. The van der Waals surface area contributed by atoms with Crippen molar-refractivity contribution in [2.75, 3.05) is 7.05 Å². The number of amides is 1. The summed E-state index contributed by atoms with van der Waals surface area (Å²) < 4.78 is 0. The van der Waals surface area contributed by atoms with Crippen molar-refractivity contribution in [2.45, 2.75) is 38.8 Å². The quantitative estimate of drug-likeness (QED) is 0.825. The molecule has 0 aliphatic carbocycles. The first-order valence-electron chi connectivity index (χ1n) is 5.59. The Morgan fingerprint density at radius 1 is 1.62 bits per heavy atom. The van der Waals surface area contributed by atoms with Crippen LogP contribution in [0.1, 0.15) is 25.1 Å². The van der Waals surface area contributed by atoms with Gasteiger partial charge in [0, 0.05) is 10.9 Å². The smallest absolute Gasteiger partial charge is 0.234 e. The molecule has 0 aliphatic heterocycles. The van der Waals surface area contributed by atoms with Crippen LogP contribution in [0.15, 0.2) is 17.5 Å². The van der Waals surface area contributed by atoms with Crippen molar-refractivity contribution in [1.29, 1.82) is 0 Å². The van der Waals surface area contributed by atoms with E-state index in [1.807, 2.05) is 14.0 Å². The Labute approximate surface area is 101 Å². The Balaban J connectivity index is 2.58. The molecule has 0 aromatic carbocycles. The number of thiophene rings is 1. The predicted molar refractivity (Wildman–Crippen MR) is 68.5 cm³/mol. The Bertz CT molecular complexity index is 324. The van der Waals surface area contributed by atoms with Gasteiger partial charge in [0.05, 0.1) is 6.04 Å². The molecule has 1 aromatic rings. The first-order valence-corrected chi connectivity index (χ1v) is 6.47. The highest BCUT2D eigenvalue weighted by Gasteiger charge is 2.22. The molecule has 0 saturated heterocycles. The number of primary amides is 1. The van der Waals surface area contributed by atoms with E-state index in [-0.39, 0.29) is 11.9 Å². The van der Waals surface area contributed by atoms with Gasteiger partial charge >= 0.3 is 0 Å². The van der Waals surface area contributed by atoms with E-state index in [0.717, 1.165) is 12.8 Å². The molecule has 1 heterocycles. The molecule has 90 valence electrons. The van der Waals surface area contributed by atoms with Gasteiger partial charge < -0.3 is 5.73 Å². The minimum atomic E-state index is -0.233. The Morgan fingerprint density at radius 3 is 2.75 bits per heavy atom. The van der Waals surface area contributed by atoms with Crippen LogP contribution in [0, 0.1) is 0 Å². The molecule has 0 aliphatic rings. The van der Waals surface area contributed by atoms with Crippen LogP contribution in [0.2, 0.25) is 0 Å². The normalized spacial score (nSPS) is 15.0. The van der Waals surface area contributed by atoms with Gasteiger partial charge in [0.1, 0.15) is 0 Å². The second kappa shape index (κ2) is 6.01. The van der Waals surface area contributed by atoms with E-state index < -0.39 is 0 Å². The lowest BCUT2D eigenvalue weighted by molar-refractivity contribution is -0.123. The van der Waals surface area contributed by atoms with Crippen molar-refractivity contribution in [3.8, 4) is 0 Å². The molecule has 1 amide bonds. The second-order valence-electron chi connectivity index (χ2n) is 4.12. The molecule has 2 N–H and O–H groups in total. The zero-order valence-electron chi connectivity index (χ0n) is 10.1. The first-order chi connectivity index (χ1) is 7.56. The van der Waals surface area contributed by atoms with Crippen LogP contribution in [0.25, 0.3) is 0 Å². The summed E-state index contributed by atoms with van der Waals surface area (Å²) in [5.74, 6) is -0.233. The highest BCUT2D eigenvalue weighted by molar-refractivity contribution is 7.09. The molecule has 0 saturated carbocycles. The van der Waals surface area contributed by atoms with Crippen molar-refractivity contribution < 1.29 is 4.79 Å². The highest BCUT2D eigenvalue weighted by Crippen LogP contribution is 2.15. The molecule has 0 radical (unpaired) electrons. The topological polar surface area (TPSA) is 46.3 Å². The number of nitrogens with two attached hydrogens (primary N) is 1. The van der Waals surface area contributed by atoms with Crippen LogP contribution < -0.4 is 5.73 Å². The molecule has 3 nitrogen and oxygen atoms in total. The van der Waals surface area contributed by atoms with E-state index in [0.29, 0.717) is 6.04 Å². The molecule has 1 aromatic heterocycles. The van der Waals surface area contributed by atoms with E-state index in [2.05, 4.69) is 29.3 Å². The van der Waals surface area contributed by atoms with Gasteiger partial charge in [-0.3, -0.25) is 9.69 Å². The summed E-state index contributed by atoms with van der Waals surface area (Å²) in [6.45, 7) is 4.12. The average Bonchev–Trinajstić information content (AvgIpc) is 2.70. The summed E-state index contributed by atoms with van der Waals surface area (Å²) in [5.41, 5.74) is 5.38. The fourth-order valence-corrected chi connectivity index (χ4v) is 2.69. The third-order valence-electron chi connectivity index (χ3n) is 2.98. The van der Waals surface area contributed by atoms with Gasteiger partial charge in [-0.2, -0.15) is 0 Å². The van der Waals surface area contributed by atoms with Crippen molar-refractivity contribution in [2.24, 2.45) is 5.73 Å². The molecule has 2 unspecified atom stereocenters. The van der Waals surface area contributed by atoms with E-state index >= 15 is 0 Å². The summed E-state index contributed by atoms with van der Waals surface area (Å²) in [5, 5.41) is 2.08. The van der Waals surface area contributed by atoms with Gasteiger partial charge in [-0.05, 0) is 38.3 Å². The number of carbonyl (C=O) groups excluding carboxylic acids is 1. The SMILES string of the molecule is CCC(C(N)=O)N(C)C(C)Cc1cccs1. The van der Waals surface area contributed by atoms with Gasteiger partial charge in [-0.25, -0.2) is 0 Å². The van der Waals surface area contributed by atoms with Gasteiger partial charge in [0.25, 0.3) is 0 Å². The lowest BCUT2D eigenvalue weighted by atomic mass is 10.1. The summed E-state index contributed by atoms with van der Waals surface area (Å²) in [7, 11) is 1.97. The Morgan fingerprint density at radius 2 is 2.31 bits per heavy atom. The van der Waals surface area contributed by atoms with Crippen molar-refractivity contribution >= 4 is 17.2 Å². The molecule has 2 atom stereocenters. The summed E-state index contributed by atoms with van der Waals surface area (Å²) in [4.78, 5) is 14.7. The van der Waals surface area contributed by atoms with Gasteiger partial charge in [-0.1, -0.05) is 13.0 Å². The number of carbonyl (C=O) groups is 1. The average molecular weight is 240 g/mol. The predicted octanol–water partition coefficient (Wildman–Crippen LogP) is 1.87. The number of hydrogen-bond acceptors (Lipinski definition) is 3. The number of hydrogen-bond donors (Lipinski definition) is 1. The monoisotopic (exact) mass is 240 g/mol.